The summed E-state index contributed by atoms with van der Waals surface area (Å²) in [5.74, 6) is 0. The van der Waals surface area contributed by atoms with Gasteiger partial charge in [0, 0.05) is 4.47 Å². The summed E-state index contributed by atoms with van der Waals surface area (Å²) >= 11 is 4.79. The summed E-state index contributed by atoms with van der Waals surface area (Å²) < 4.78 is 0.963. The van der Waals surface area contributed by atoms with Crippen molar-refractivity contribution in [2.45, 2.75) is 13.8 Å². The van der Waals surface area contributed by atoms with Gasteiger partial charge in [0.15, 0.2) is 0 Å². The summed E-state index contributed by atoms with van der Waals surface area (Å²) in [6.07, 6.45) is 1.40. The SMILES string of the molecule is CC.O/N=C/c1sccc1Br. The molecule has 0 aromatic carbocycles. The Hall–Kier alpha value is -0.350. The molecule has 1 rings (SSSR count). The summed E-state index contributed by atoms with van der Waals surface area (Å²) in [4.78, 5) is 0.928. The van der Waals surface area contributed by atoms with Gasteiger partial charge in [-0.1, -0.05) is 19.0 Å². The lowest BCUT2D eigenvalue weighted by atomic mass is 10.5. The molecule has 1 aromatic rings. The first kappa shape index (κ1) is 10.7. The summed E-state index contributed by atoms with van der Waals surface area (Å²) in [5.41, 5.74) is 0. The molecule has 0 radical (unpaired) electrons. The fourth-order valence-corrected chi connectivity index (χ4v) is 1.78. The molecule has 4 heteroatoms. The van der Waals surface area contributed by atoms with E-state index in [1.165, 1.54) is 17.6 Å². The third-order valence-corrected chi connectivity index (χ3v) is 2.63. The maximum absolute atomic E-state index is 8.12. The number of halogens is 1. The third-order valence-electron chi connectivity index (χ3n) is 0.820. The van der Waals surface area contributed by atoms with E-state index in [4.69, 9.17) is 5.21 Å². The highest BCUT2D eigenvalue weighted by molar-refractivity contribution is 9.10. The van der Waals surface area contributed by atoms with Crippen molar-refractivity contribution in [3.05, 3.63) is 20.8 Å². The van der Waals surface area contributed by atoms with Crippen LogP contribution in [0.2, 0.25) is 0 Å². The van der Waals surface area contributed by atoms with Crippen molar-refractivity contribution < 1.29 is 5.21 Å². The number of hydrogen-bond donors (Lipinski definition) is 1. The van der Waals surface area contributed by atoms with Crippen LogP contribution in [0.3, 0.4) is 0 Å². The molecule has 0 atom stereocenters. The molecule has 0 aliphatic rings. The highest BCUT2D eigenvalue weighted by Gasteiger charge is 1.94. The molecule has 0 bridgehead atoms. The van der Waals surface area contributed by atoms with Gasteiger partial charge in [0.2, 0.25) is 0 Å². The van der Waals surface area contributed by atoms with E-state index in [1.54, 1.807) is 0 Å². The van der Waals surface area contributed by atoms with Crippen LogP contribution in [-0.4, -0.2) is 11.4 Å². The van der Waals surface area contributed by atoms with E-state index in [0.717, 1.165) is 9.35 Å². The molecule has 0 amide bonds. The van der Waals surface area contributed by atoms with Gasteiger partial charge in [0.05, 0.1) is 11.1 Å². The van der Waals surface area contributed by atoms with Gasteiger partial charge < -0.3 is 5.21 Å². The van der Waals surface area contributed by atoms with Gasteiger partial charge in [-0.15, -0.1) is 11.3 Å². The lowest BCUT2D eigenvalue weighted by Gasteiger charge is -1.80. The number of thiophene rings is 1. The predicted molar refractivity (Wildman–Crippen MR) is 52.7 cm³/mol. The second-order valence-corrected chi connectivity index (χ2v) is 3.18. The minimum atomic E-state index is 0.928. The third kappa shape index (κ3) is 3.53. The van der Waals surface area contributed by atoms with E-state index in [2.05, 4.69) is 21.1 Å². The Bertz CT molecular complexity index is 222. The first-order valence-corrected chi connectivity index (χ1v) is 4.92. The van der Waals surface area contributed by atoms with Crippen molar-refractivity contribution in [1.29, 1.82) is 0 Å². The second kappa shape index (κ2) is 6.37. The van der Waals surface area contributed by atoms with Crippen LogP contribution in [-0.2, 0) is 0 Å². The molecular formula is C7H10BrNOS. The van der Waals surface area contributed by atoms with Crippen molar-refractivity contribution in [1.82, 2.24) is 0 Å². The standard InChI is InChI=1S/C5H4BrNOS.C2H6/c6-4-1-2-9-5(4)3-7-8;1-2/h1-3,8H;1-2H3/b7-3+;. The number of oxime groups is 1. The zero-order valence-corrected chi connectivity index (χ0v) is 8.82. The average molecular weight is 236 g/mol. The zero-order chi connectivity index (χ0) is 8.69. The summed E-state index contributed by atoms with van der Waals surface area (Å²) in [6.45, 7) is 4.00. The van der Waals surface area contributed by atoms with Crippen LogP contribution in [0.5, 0.6) is 0 Å². The molecule has 0 saturated heterocycles. The van der Waals surface area contributed by atoms with E-state index in [0.29, 0.717) is 0 Å². The molecule has 0 spiro atoms. The molecule has 62 valence electrons. The highest BCUT2D eigenvalue weighted by Crippen LogP contribution is 2.19. The Morgan fingerprint density at radius 2 is 2.27 bits per heavy atom. The Balaban J connectivity index is 0.000000461. The van der Waals surface area contributed by atoms with E-state index in [9.17, 15) is 0 Å². The van der Waals surface area contributed by atoms with E-state index in [-0.39, 0.29) is 0 Å². The van der Waals surface area contributed by atoms with Gasteiger partial charge in [-0.3, -0.25) is 0 Å². The van der Waals surface area contributed by atoms with Gasteiger partial charge in [0.25, 0.3) is 0 Å². The van der Waals surface area contributed by atoms with E-state index >= 15 is 0 Å². The van der Waals surface area contributed by atoms with Gasteiger partial charge >= 0.3 is 0 Å². The van der Waals surface area contributed by atoms with Crippen LogP contribution in [0.1, 0.15) is 18.7 Å². The van der Waals surface area contributed by atoms with Crippen molar-refractivity contribution in [3.8, 4) is 0 Å². The first-order valence-electron chi connectivity index (χ1n) is 3.25. The smallest absolute Gasteiger partial charge is 0.0845 e. The quantitative estimate of drug-likeness (QED) is 0.452. The normalized spacial score (nSPS) is 9.36. The minimum absolute atomic E-state index is 0.928. The van der Waals surface area contributed by atoms with Gasteiger partial charge in [-0.2, -0.15) is 0 Å². The fourth-order valence-electron chi connectivity index (χ4n) is 0.450. The van der Waals surface area contributed by atoms with Crippen LogP contribution < -0.4 is 0 Å². The number of hydrogen-bond acceptors (Lipinski definition) is 3. The second-order valence-electron chi connectivity index (χ2n) is 1.38. The maximum atomic E-state index is 8.12. The Kier molecular flexibility index (Phi) is 6.16. The van der Waals surface area contributed by atoms with Crippen LogP contribution in [0.25, 0.3) is 0 Å². The van der Waals surface area contributed by atoms with Gasteiger partial charge in [-0.05, 0) is 27.4 Å². The molecule has 1 aromatic heterocycles. The van der Waals surface area contributed by atoms with Crippen molar-refractivity contribution >= 4 is 33.5 Å². The average Bonchev–Trinajstić information content (AvgIpc) is 2.42. The molecule has 0 aliphatic heterocycles. The van der Waals surface area contributed by atoms with E-state index < -0.39 is 0 Å². The van der Waals surface area contributed by atoms with E-state index in [1.807, 2.05) is 25.3 Å². The summed E-state index contributed by atoms with van der Waals surface area (Å²) in [5, 5.41) is 12.9. The molecule has 0 unspecified atom stereocenters. The molecule has 0 fully saturated rings. The first-order chi connectivity index (χ1) is 5.34. The lowest BCUT2D eigenvalue weighted by molar-refractivity contribution is 0.322. The molecule has 0 saturated carbocycles. The monoisotopic (exact) mass is 235 g/mol. The van der Waals surface area contributed by atoms with Crippen molar-refractivity contribution in [3.63, 3.8) is 0 Å². The van der Waals surface area contributed by atoms with Crippen molar-refractivity contribution in [2.75, 3.05) is 0 Å². The Morgan fingerprint density at radius 1 is 1.64 bits per heavy atom. The molecule has 1 N–H and O–H groups in total. The highest BCUT2D eigenvalue weighted by atomic mass is 79.9. The Labute approximate surface area is 78.7 Å². The van der Waals surface area contributed by atoms with Crippen LogP contribution in [0.15, 0.2) is 21.1 Å². The molecule has 11 heavy (non-hydrogen) atoms. The summed E-state index contributed by atoms with van der Waals surface area (Å²) in [7, 11) is 0. The van der Waals surface area contributed by atoms with Gasteiger partial charge in [-0.25, -0.2) is 0 Å². The Morgan fingerprint density at radius 3 is 2.64 bits per heavy atom. The number of nitrogens with zero attached hydrogens (tertiary/aromatic N) is 1. The number of rotatable bonds is 1. The molecular weight excluding hydrogens is 226 g/mol. The molecule has 0 aliphatic carbocycles. The minimum Gasteiger partial charge on any atom is -0.411 e. The fraction of sp³-hybridized carbons (Fsp3) is 0.286. The topological polar surface area (TPSA) is 32.6 Å². The molecule has 1 heterocycles. The maximum Gasteiger partial charge on any atom is 0.0845 e. The van der Waals surface area contributed by atoms with Crippen molar-refractivity contribution in [2.24, 2.45) is 5.16 Å². The molecule has 2 nitrogen and oxygen atoms in total. The largest absolute Gasteiger partial charge is 0.411 e. The zero-order valence-electron chi connectivity index (χ0n) is 6.41. The predicted octanol–water partition coefficient (Wildman–Crippen LogP) is 3.34. The van der Waals surface area contributed by atoms with Crippen LogP contribution >= 0.6 is 27.3 Å². The van der Waals surface area contributed by atoms with Crippen LogP contribution in [0.4, 0.5) is 0 Å². The van der Waals surface area contributed by atoms with Gasteiger partial charge in [0.1, 0.15) is 0 Å². The lowest BCUT2D eigenvalue weighted by Crippen LogP contribution is -1.71. The van der Waals surface area contributed by atoms with Crippen LogP contribution in [0, 0.1) is 0 Å². The summed E-state index contributed by atoms with van der Waals surface area (Å²) in [6, 6.07) is 1.90.